The van der Waals surface area contributed by atoms with E-state index in [2.05, 4.69) is 27.2 Å². The smallest absolute Gasteiger partial charge is 0.142 e. The predicted octanol–water partition coefficient (Wildman–Crippen LogP) is 2.09. The summed E-state index contributed by atoms with van der Waals surface area (Å²) in [6.45, 7) is 3.97. The molecule has 1 saturated heterocycles. The number of pyridine rings is 1. The van der Waals surface area contributed by atoms with E-state index in [9.17, 15) is 5.11 Å². The second-order valence-electron chi connectivity index (χ2n) is 6.09. The second-order valence-corrected chi connectivity index (χ2v) is 6.95. The summed E-state index contributed by atoms with van der Waals surface area (Å²) in [6.07, 6.45) is 4.12. The molecule has 0 aliphatic carbocycles. The number of piperidine rings is 1. The Morgan fingerprint density at radius 2 is 2.17 bits per heavy atom. The molecular weight excluding hydrogens is 308 g/mol. The van der Waals surface area contributed by atoms with Gasteiger partial charge in [0.15, 0.2) is 0 Å². The maximum atomic E-state index is 9.40. The normalized spacial score (nSPS) is 17.0. The minimum absolute atomic E-state index is 0.198. The van der Waals surface area contributed by atoms with Crippen molar-refractivity contribution < 1.29 is 5.11 Å². The number of thiazole rings is 1. The third-order valence-corrected chi connectivity index (χ3v) is 5.31. The zero-order valence-electron chi connectivity index (χ0n) is 13.6. The fourth-order valence-corrected chi connectivity index (χ4v) is 3.86. The Hall–Kier alpha value is -1.34. The monoisotopic (exact) mass is 332 g/mol. The predicted molar refractivity (Wildman–Crippen MR) is 93.4 cm³/mol. The summed E-state index contributed by atoms with van der Waals surface area (Å²) >= 11 is 1.64. The van der Waals surface area contributed by atoms with Crippen molar-refractivity contribution in [2.45, 2.75) is 25.4 Å². The van der Waals surface area contributed by atoms with Crippen molar-refractivity contribution in [2.24, 2.45) is 0 Å². The molecule has 6 heteroatoms. The molecule has 1 fully saturated rings. The summed E-state index contributed by atoms with van der Waals surface area (Å²) in [5, 5.41) is 12.5. The molecule has 3 rings (SSSR count). The Labute approximate surface area is 141 Å². The van der Waals surface area contributed by atoms with Gasteiger partial charge in [-0.05, 0) is 45.1 Å². The Morgan fingerprint density at radius 3 is 2.87 bits per heavy atom. The van der Waals surface area contributed by atoms with Crippen molar-refractivity contribution >= 4 is 11.3 Å². The lowest BCUT2D eigenvalue weighted by molar-refractivity contribution is 0.0933. The van der Waals surface area contributed by atoms with Crippen LogP contribution in [0.25, 0.3) is 10.7 Å². The van der Waals surface area contributed by atoms with Crippen LogP contribution in [0.4, 0.5) is 0 Å². The highest BCUT2D eigenvalue weighted by atomic mass is 32.1. The van der Waals surface area contributed by atoms with Crippen molar-refractivity contribution in [2.75, 3.05) is 33.3 Å². The van der Waals surface area contributed by atoms with Crippen LogP contribution in [0.3, 0.4) is 0 Å². The highest BCUT2D eigenvalue weighted by Crippen LogP contribution is 2.24. The van der Waals surface area contributed by atoms with Crippen molar-refractivity contribution in [3.63, 3.8) is 0 Å². The Bertz CT molecular complexity index is 596. The second kappa shape index (κ2) is 7.97. The van der Waals surface area contributed by atoms with Crippen molar-refractivity contribution in [1.82, 2.24) is 19.8 Å². The van der Waals surface area contributed by atoms with Gasteiger partial charge in [-0.3, -0.25) is 9.88 Å². The molecule has 0 aromatic carbocycles. The van der Waals surface area contributed by atoms with Gasteiger partial charge in [0, 0.05) is 30.7 Å². The third-order valence-electron chi connectivity index (χ3n) is 4.39. The van der Waals surface area contributed by atoms with Crippen LogP contribution >= 0.6 is 11.3 Å². The molecule has 124 valence electrons. The molecule has 5 nitrogen and oxygen atoms in total. The molecule has 2 aromatic rings. The first-order valence-corrected chi connectivity index (χ1v) is 9.03. The molecule has 0 saturated carbocycles. The third kappa shape index (κ3) is 4.35. The molecule has 0 radical (unpaired) electrons. The molecule has 0 bridgehead atoms. The number of hydrogen-bond donors (Lipinski definition) is 1. The molecule has 3 heterocycles. The van der Waals surface area contributed by atoms with Gasteiger partial charge in [0.2, 0.25) is 0 Å². The first-order valence-electron chi connectivity index (χ1n) is 8.15. The van der Waals surface area contributed by atoms with E-state index in [4.69, 9.17) is 4.98 Å². The summed E-state index contributed by atoms with van der Waals surface area (Å²) in [6, 6.07) is 6.44. The lowest BCUT2D eigenvalue weighted by Crippen LogP contribution is -2.44. The molecule has 0 amide bonds. The molecule has 1 N–H and O–H groups in total. The van der Waals surface area contributed by atoms with Crippen LogP contribution in [-0.2, 0) is 6.54 Å². The number of hydrogen-bond acceptors (Lipinski definition) is 6. The molecule has 1 aliphatic heterocycles. The van der Waals surface area contributed by atoms with Crippen molar-refractivity contribution in [3.05, 3.63) is 35.5 Å². The first-order chi connectivity index (χ1) is 11.3. The first kappa shape index (κ1) is 16.5. The van der Waals surface area contributed by atoms with Gasteiger partial charge in [-0.1, -0.05) is 6.07 Å². The summed E-state index contributed by atoms with van der Waals surface area (Å²) in [7, 11) is 2.17. The topological polar surface area (TPSA) is 52.5 Å². The zero-order valence-corrected chi connectivity index (χ0v) is 14.4. The number of aliphatic hydroxyl groups is 1. The number of likely N-dealkylation sites (tertiary alicyclic amines) is 1. The summed E-state index contributed by atoms with van der Waals surface area (Å²) < 4.78 is 0. The molecule has 0 atom stereocenters. The van der Waals surface area contributed by atoms with Crippen LogP contribution in [-0.4, -0.2) is 64.2 Å². The quantitative estimate of drug-likeness (QED) is 0.878. The maximum absolute atomic E-state index is 9.40. The van der Waals surface area contributed by atoms with Crippen LogP contribution in [0.5, 0.6) is 0 Å². The minimum Gasteiger partial charge on any atom is -0.395 e. The molecule has 23 heavy (non-hydrogen) atoms. The highest BCUT2D eigenvalue weighted by molar-refractivity contribution is 7.13. The van der Waals surface area contributed by atoms with Crippen LogP contribution in [0.1, 0.15) is 18.5 Å². The molecular formula is C17H24N4OS. The number of aromatic nitrogens is 2. The Morgan fingerprint density at radius 1 is 1.35 bits per heavy atom. The Balaban J connectivity index is 1.67. The lowest BCUT2D eigenvalue weighted by Gasteiger charge is -2.36. The fourth-order valence-electron chi connectivity index (χ4n) is 3.07. The van der Waals surface area contributed by atoms with Crippen LogP contribution < -0.4 is 0 Å². The van der Waals surface area contributed by atoms with Gasteiger partial charge in [-0.25, -0.2) is 4.98 Å². The zero-order chi connectivity index (χ0) is 16.1. The average Bonchev–Trinajstić information content (AvgIpc) is 3.05. The Kier molecular flexibility index (Phi) is 5.72. The summed E-state index contributed by atoms with van der Waals surface area (Å²) in [4.78, 5) is 13.8. The highest BCUT2D eigenvalue weighted by Gasteiger charge is 2.23. The molecule has 1 aliphatic rings. The van der Waals surface area contributed by atoms with Crippen LogP contribution in [0.2, 0.25) is 0 Å². The minimum atomic E-state index is 0.198. The molecule has 2 aromatic heterocycles. The van der Waals surface area contributed by atoms with E-state index >= 15 is 0 Å². The van der Waals surface area contributed by atoms with Gasteiger partial charge in [0.25, 0.3) is 0 Å². The van der Waals surface area contributed by atoms with E-state index < -0.39 is 0 Å². The lowest BCUT2D eigenvalue weighted by atomic mass is 10.0. The van der Waals surface area contributed by atoms with Gasteiger partial charge in [0.1, 0.15) is 5.01 Å². The van der Waals surface area contributed by atoms with Crippen LogP contribution in [0, 0.1) is 0 Å². The molecule has 0 unspecified atom stereocenters. The summed E-state index contributed by atoms with van der Waals surface area (Å²) in [5.74, 6) is 0. The van der Waals surface area contributed by atoms with E-state index in [0.717, 1.165) is 48.9 Å². The standard InChI is InChI=1S/C17H24N4OS/c1-20-8-5-15(6-9-20)21(10-11-22)12-14-13-23-17(19-14)16-4-2-3-7-18-16/h2-4,7,13,15,22H,5-6,8-12H2,1H3. The van der Waals surface area contributed by atoms with Gasteiger partial charge in [0.05, 0.1) is 18.0 Å². The van der Waals surface area contributed by atoms with Crippen molar-refractivity contribution in [1.29, 1.82) is 0 Å². The van der Waals surface area contributed by atoms with E-state index in [-0.39, 0.29) is 6.61 Å². The van der Waals surface area contributed by atoms with E-state index in [1.165, 1.54) is 0 Å². The largest absolute Gasteiger partial charge is 0.395 e. The fraction of sp³-hybridized carbons (Fsp3) is 0.529. The average molecular weight is 332 g/mol. The van der Waals surface area contributed by atoms with Gasteiger partial charge < -0.3 is 10.0 Å². The maximum Gasteiger partial charge on any atom is 0.142 e. The number of nitrogens with zero attached hydrogens (tertiary/aromatic N) is 4. The summed E-state index contributed by atoms with van der Waals surface area (Å²) in [5.41, 5.74) is 2.00. The van der Waals surface area contributed by atoms with E-state index in [1.807, 2.05) is 18.2 Å². The van der Waals surface area contributed by atoms with Gasteiger partial charge in [-0.2, -0.15) is 0 Å². The van der Waals surface area contributed by atoms with E-state index in [1.54, 1.807) is 17.5 Å². The molecule has 0 spiro atoms. The van der Waals surface area contributed by atoms with Gasteiger partial charge in [-0.15, -0.1) is 11.3 Å². The number of aliphatic hydroxyl groups excluding tert-OH is 1. The van der Waals surface area contributed by atoms with E-state index in [0.29, 0.717) is 12.6 Å². The van der Waals surface area contributed by atoms with Gasteiger partial charge >= 0.3 is 0 Å². The SMILES string of the molecule is CN1CCC(N(CCO)Cc2csc(-c3ccccn3)n2)CC1. The van der Waals surface area contributed by atoms with Crippen molar-refractivity contribution in [3.8, 4) is 10.7 Å². The van der Waals surface area contributed by atoms with Crippen LogP contribution in [0.15, 0.2) is 29.8 Å². The number of rotatable bonds is 6.